The molecule has 14 heteroatoms. The minimum absolute atomic E-state index is 0.0288. The summed E-state index contributed by atoms with van der Waals surface area (Å²) in [6, 6.07) is 5.10. The van der Waals surface area contributed by atoms with Crippen LogP contribution in [0.4, 0.5) is 0 Å². The predicted octanol–water partition coefficient (Wildman–Crippen LogP) is -3.43. The number of carbonyl (C=O) groups is 1. The van der Waals surface area contributed by atoms with Crippen molar-refractivity contribution in [1.82, 2.24) is 20.9 Å². The summed E-state index contributed by atoms with van der Waals surface area (Å²) in [5.41, 5.74) is 27.7. The Morgan fingerprint density at radius 3 is 2.60 bits per heavy atom. The van der Waals surface area contributed by atoms with E-state index in [4.69, 9.17) is 32.4 Å². The van der Waals surface area contributed by atoms with Crippen LogP contribution in [0, 0.1) is 0 Å². The number of para-hydroxylation sites is 1. The van der Waals surface area contributed by atoms with Gasteiger partial charge in [0, 0.05) is 48.3 Å². The number of amides is 1. The summed E-state index contributed by atoms with van der Waals surface area (Å²) < 4.78 is 11.9. The fourth-order valence-electron chi connectivity index (χ4n) is 6.34. The van der Waals surface area contributed by atoms with Crippen molar-refractivity contribution in [3.05, 3.63) is 35.5 Å². The first-order chi connectivity index (χ1) is 20.2. The first-order valence-electron chi connectivity index (χ1n) is 14.8. The molecule has 1 aromatic heterocycles. The molecule has 0 bridgehead atoms. The Hall–Kier alpha value is -2.21. The molecule has 1 amide bonds. The van der Waals surface area contributed by atoms with E-state index in [2.05, 4.69) is 27.0 Å². The molecule has 15 N–H and O–H groups in total. The van der Waals surface area contributed by atoms with Crippen molar-refractivity contribution in [1.29, 1.82) is 0 Å². The van der Waals surface area contributed by atoms with Crippen LogP contribution in [0.1, 0.15) is 30.5 Å². The van der Waals surface area contributed by atoms with Gasteiger partial charge in [-0.25, -0.2) is 0 Å². The van der Waals surface area contributed by atoms with Crippen molar-refractivity contribution in [2.24, 2.45) is 22.9 Å². The van der Waals surface area contributed by atoms with Crippen LogP contribution in [0.2, 0.25) is 0 Å². The Kier molecular flexibility index (Phi) is 10.1. The number of rotatable bonds is 10. The van der Waals surface area contributed by atoms with Crippen LogP contribution >= 0.6 is 0 Å². The summed E-state index contributed by atoms with van der Waals surface area (Å²) in [5, 5.41) is 42.2. The topological polar surface area (TPSA) is 252 Å². The maximum absolute atomic E-state index is 12.9. The fraction of sp³-hybridized carbons (Fsp3) is 0.679. The predicted molar refractivity (Wildman–Crippen MR) is 156 cm³/mol. The normalized spacial score (nSPS) is 37.0. The average Bonchev–Trinajstić information content (AvgIpc) is 3.36. The number of nitrogens with two attached hydrogens (primary N) is 4. The van der Waals surface area contributed by atoms with Gasteiger partial charge in [0.05, 0.1) is 30.3 Å². The van der Waals surface area contributed by atoms with Crippen LogP contribution in [-0.4, -0.2) is 113 Å². The van der Waals surface area contributed by atoms with Gasteiger partial charge in [-0.2, -0.15) is 0 Å². The van der Waals surface area contributed by atoms with Gasteiger partial charge in [0.15, 0.2) is 6.29 Å². The molecule has 11 atom stereocenters. The highest BCUT2D eigenvalue weighted by Crippen LogP contribution is 2.28. The summed E-state index contributed by atoms with van der Waals surface area (Å²) in [5.74, 6) is -0.0288. The van der Waals surface area contributed by atoms with E-state index in [-0.39, 0.29) is 18.5 Å². The van der Waals surface area contributed by atoms with E-state index in [1.807, 2.05) is 18.2 Å². The lowest BCUT2D eigenvalue weighted by Crippen LogP contribution is -2.69. The number of unbranched alkanes of at least 4 members (excludes halogenated alkanes) is 1. The van der Waals surface area contributed by atoms with Gasteiger partial charge in [0.2, 0.25) is 5.91 Å². The fourth-order valence-corrected chi connectivity index (χ4v) is 6.34. The molecule has 3 heterocycles. The quantitative estimate of drug-likeness (QED) is 0.121. The molecule has 234 valence electrons. The number of hydrogen-bond acceptors (Lipinski definition) is 12. The van der Waals surface area contributed by atoms with Crippen LogP contribution in [0.5, 0.6) is 0 Å². The van der Waals surface area contributed by atoms with Crippen LogP contribution in [-0.2, 0) is 27.2 Å². The number of aromatic nitrogens is 1. The Morgan fingerprint density at radius 2 is 1.81 bits per heavy atom. The van der Waals surface area contributed by atoms with E-state index < -0.39 is 61.0 Å². The maximum Gasteiger partial charge on any atom is 0.237 e. The lowest BCUT2D eigenvalue weighted by molar-refractivity contribution is -0.279. The molecule has 3 aliphatic rings. The number of aliphatic hydroxyl groups is 3. The van der Waals surface area contributed by atoms with Crippen molar-refractivity contribution in [2.75, 3.05) is 19.6 Å². The van der Waals surface area contributed by atoms with Gasteiger partial charge in [-0.15, -0.1) is 0 Å². The Bertz CT molecular complexity index is 1200. The highest BCUT2D eigenvalue weighted by atomic mass is 16.7. The highest BCUT2D eigenvalue weighted by molar-refractivity contribution is 5.88. The van der Waals surface area contributed by atoms with Gasteiger partial charge in [-0.1, -0.05) is 18.2 Å². The molecule has 42 heavy (non-hydrogen) atoms. The van der Waals surface area contributed by atoms with E-state index in [0.29, 0.717) is 38.9 Å². The number of aromatic amines is 1. The third-order valence-corrected chi connectivity index (χ3v) is 8.83. The van der Waals surface area contributed by atoms with Crippen molar-refractivity contribution in [3.8, 4) is 0 Å². The van der Waals surface area contributed by atoms with Crippen LogP contribution in [0.3, 0.4) is 0 Å². The lowest BCUT2D eigenvalue weighted by atomic mass is 9.82. The largest absolute Gasteiger partial charge is 0.390 e. The van der Waals surface area contributed by atoms with Crippen molar-refractivity contribution >= 4 is 16.8 Å². The minimum atomic E-state index is -1.29. The molecule has 0 spiro atoms. The van der Waals surface area contributed by atoms with Crippen LogP contribution in [0.15, 0.2) is 24.3 Å². The molecule has 0 radical (unpaired) electrons. The average molecular weight is 591 g/mol. The Morgan fingerprint density at radius 1 is 1.05 bits per heavy atom. The molecule has 1 saturated carbocycles. The minimum Gasteiger partial charge on any atom is -0.390 e. The standard InChI is InChI=1S/C28H46N8O6/c29-11-20-24(38)25(39)21(32)28(41-20)42-26-16(31)10-15(30)23(37)22(26)33-7-3-4-8-34-27(40)18-9-14-13-5-1-2-6-17(13)36-19(14)12-35-18/h1-2,5-6,15-16,18,20-26,28,33,35-39H,3-4,7-12,29-32H2,(H,34,40)/t15-,16+,18?,20-,21-,22+,23+,24-,25-,26-,28-/m1/s1. The van der Waals surface area contributed by atoms with E-state index in [1.54, 1.807) is 0 Å². The second kappa shape index (κ2) is 13.6. The summed E-state index contributed by atoms with van der Waals surface area (Å²) in [4.78, 5) is 16.3. The number of carbonyl (C=O) groups excluding carboxylic acids is 1. The number of ether oxygens (including phenoxy) is 2. The molecule has 1 aromatic carbocycles. The Balaban J connectivity index is 1.09. The molecular weight excluding hydrogens is 544 g/mol. The number of aliphatic hydroxyl groups excluding tert-OH is 3. The number of nitrogens with one attached hydrogen (secondary N) is 4. The third kappa shape index (κ3) is 6.49. The number of hydrogen-bond donors (Lipinski definition) is 11. The maximum atomic E-state index is 12.9. The van der Waals surface area contributed by atoms with Crippen LogP contribution in [0.25, 0.3) is 10.9 Å². The van der Waals surface area contributed by atoms with Gasteiger partial charge >= 0.3 is 0 Å². The van der Waals surface area contributed by atoms with E-state index >= 15 is 0 Å². The van der Waals surface area contributed by atoms with E-state index in [9.17, 15) is 20.1 Å². The zero-order chi connectivity index (χ0) is 30.0. The Labute approximate surface area is 244 Å². The molecule has 1 unspecified atom stereocenters. The molecule has 2 aliphatic heterocycles. The number of H-pyrrole nitrogens is 1. The van der Waals surface area contributed by atoms with Crippen molar-refractivity contribution < 1.29 is 29.6 Å². The zero-order valence-corrected chi connectivity index (χ0v) is 23.7. The molecule has 1 saturated heterocycles. The third-order valence-electron chi connectivity index (χ3n) is 8.83. The molecule has 2 aromatic rings. The summed E-state index contributed by atoms with van der Waals surface area (Å²) in [7, 11) is 0. The first kappa shape index (κ1) is 31.2. The summed E-state index contributed by atoms with van der Waals surface area (Å²) in [6.07, 6.45) is -3.75. The number of fused-ring (bicyclic) bond motifs is 3. The van der Waals surface area contributed by atoms with Gasteiger partial charge in [-0.05, 0) is 43.9 Å². The van der Waals surface area contributed by atoms with Gasteiger partial charge in [-0.3, -0.25) is 10.1 Å². The summed E-state index contributed by atoms with van der Waals surface area (Å²) >= 11 is 0. The summed E-state index contributed by atoms with van der Waals surface area (Å²) in [6.45, 7) is 1.61. The van der Waals surface area contributed by atoms with Gasteiger partial charge in [0.25, 0.3) is 0 Å². The first-order valence-corrected chi connectivity index (χ1v) is 14.8. The van der Waals surface area contributed by atoms with Crippen LogP contribution < -0.4 is 38.9 Å². The zero-order valence-electron chi connectivity index (χ0n) is 23.7. The molecular formula is C28H46N8O6. The van der Waals surface area contributed by atoms with E-state index in [1.165, 1.54) is 5.56 Å². The molecule has 1 aliphatic carbocycles. The highest BCUT2D eigenvalue weighted by Gasteiger charge is 2.48. The SMILES string of the molecule is NC[C@H]1O[C@H](O[C@H]2[C@@H](NCCCCNC(=O)C3Cc4c([nH]c5ccccc45)CN3)[C@@H](O)[C@H](N)C[C@@H]2N)[C@H](N)[C@@H](O)[C@@H]1O. The number of benzene rings is 1. The molecule has 14 nitrogen and oxygen atoms in total. The van der Waals surface area contributed by atoms with E-state index in [0.717, 1.165) is 23.0 Å². The lowest BCUT2D eigenvalue weighted by Gasteiger charge is -2.47. The monoisotopic (exact) mass is 590 g/mol. The smallest absolute Gasteiger partial charge is 0.237 e. The van der Waals surface area contributed by atoms with Gasteiger partial charge in [0.1, 0.15) is 18.3 Å². The van der Waals surface area contributed by atoms with Crippen molar-refractivity contribution in [3.63, 3.8) is 0 Å². The second-order valence-electron chi connectivity index (χ2n) is 11.7. The molecule has 5 rings (SSSR count). The van der Waals surface area contributed by atoms with Gasteiger partial charge < -0.3 is 63.3 Å². The van der Waals surface area contributed by atoms with Crippen molar-refractivity contribution in [2.45, 2.75) is 99.2 Å². The molecule has 2 fully saturated rings. The second-order valence-corrected chi connectivity index (χ2v) is 11.7.